The molecule has 2 N–H and O–H groups in total. The van der Waals surface area contributed by atoms with Crippen LogP contribution in [0.15, 0.2) is 11.0 Å². The minimum atomic E-state index is -3.57. The van der Waals surface area contributed by atoms with Crippen molar-refractivity contribution in [2.24, 2.45) is 0 Å². The van der Waals surface area contributed by atoms with Gasteiger partial charge in [0, 0.05) is 18.3 Å². The molecule has 0 aliphatic carbocycles. The summed E-state index contributed by atoms with van der Waals surface area (Å²) in [5.74, 6) is 0. The molecule has 2 unspecified atom stereocenters. The Morgan fingerprint density at radius 3 is 2.48 bits per heavy atom. The summed E-state index contributed by atoms with van der Waals surface area (Å²) in [6.45, 7) is 10.0. The van der Waals surface area contributed by atoms with Gasteiger partial charge in [-0.1, -0.05) is 6.07 Å². The second kappa shape index (κ2) is 5.59. The third-order valence-electron chi connectivity index (χ3n) is 4.08. The van der Waals surface area contributed by atoms with Crippen LogP contribution in [-0.2, 0) is 14.8 Å². The van der Waals surface area contributed by atoms with Crippen molar-refractivity contribution in [2.75, 3.05) is 18.9 Å². The van der Waals surface area contributed by atoms with E-state index in [1.807, 2.05) is 33.8 Å². The Morgan fingerprint density at radius 2 is 1.86 bits per heavy atom. The molecule has 1 saturated heterocycles. The first-order chi connectivity index (χ1) is 9.66. The molecule has 1 aliphatic heterocycles. The summed E-state index contributed by atoms with van der Waals surface area (Å²) in [4.78, 5) is 0.339. The number of ether oxygens (including phenoxy) is 1. The Balaban J connectivity index is 2.57. The van der Waals surface area contributed by atoms with Gasteiger partial charge >= 0.3 is 0 Å². The van der Waals surface area contributed by atoms with Crippen molar-refractivity contribution in [2.45, 2.75) is 51.7 Å². The van der Waals surface area contributed by atoms with E-state index < -0.39 is 10.0 Å². The van der Waals surface area contributed by atoms with Crippen LogP contribution in [0, 0.1) is 20.8 Å². The molecular weight excluding hydrogens is 288 g/mol. The van der Waals surface area contributed by atoms with Gasteiger partial charge in [-0.15, -0.1) is 0 Å². The van der Waals surface area contributed by atoms with Crippen LogP contribution in [0.25, 0.3) is 0 Å². The largest absolute Gasteiger partial charge is 0.398 e. The highest BCUT2D eigenvalue weighted by Crippen LogP contribution is 2.32. The highest BCUT2D eigenvalue weighted by Gasteiger charge is 2.36. The van der Waals surface area contributed by atoms with E-state index in [2.05, 4.69) is 0 Å². The third-order valence-corrected chi connectivity index (χ3v) is 6.35. The zero-order chi connectivity index (χ0) is 15.9. The molecule has 1 aliphatic rings. The standard InChI is InChI=1S/C15H24N2O3S/c1-9-6-10(2)15(13(5)14(9)16)21(18,19)17-7-12(4)20-8-11(17)3/h6,11-12H,7-8,16H2,1-5H3. The van der Waals surface area contributed by atoms with Gasteiger partial charge in [0.2, 0.25) is 10.0 Å². The van der Waals surface area contributed by atoms with Crippen LogP contribution >= 0.6 is 0 Å². The third kappa shape index (κ3) is 2.80. The number of nitrogens with zero attached hydrogens (tertiary/aromatic N) is 1. The number of benzene rings is 1. The molecule has 2 rings (SSSR count). The minimum Gasteiger partial charge on any atom is -0.398 e. The number of nitrogen functional groups attached to an aromatic ring is 1. The van der Waals surface area contributed by atoms with Crippen LogP contribution in [0.1, 0.15) is 30.5 Å². The fourth-order valence-electron chi connectivity index (χ4n) is 2.90. The molecule has 0 amide bonds. The molecule has 21 heavy (non-hydrogen) atoms. The van der Waals surface area contributed by atoms with E-state index in [1.165, 1.54) is 4.31 Å². The predicted octanol–water partition coefficient (Wildman–Crippen LogP) is 1.99. The molecule has 118 valence electrons. The van der Waals surface area contributed by atoms with E-state index in [4.69, 9.17) is 10.5 Å². The van der Waals surface area contributed by atoms with E-state index in [9.17, 15) is 8.42 Å². The molecule has 1 heterocycles. The van der Waals surface area contributed by atoms with E-state index >= 15 is 0 Å². The Morgan fingerprint density at radius 1 is 1.24 bits per heavy atom. The van der Waals surface area contributed by atoms with Crippen molar-refractivity contribution in [1.82, 2.24) is 4.31 Å². The average Bonchev–Trinajstić information content (AvgIpc) is 2.38. The Hall–Kier alpha value is -1.11. The van der Waals surface area contributed by atoms with Gasteiger partial charge < -0.3 is 10.5 Å². The maximum absolute atomic E-state index is 13.1. The molecule has 0 bridgehead atoms. The lowest BCUT2D eigenvalue weighted by atomic mass is 10.1. The molecule has 5 nitrogen and oxygen atoms in total. The number of morpholine rings is 1. The zero-order valence-electron chi connectivity index (χ0n) is 13.3. The molecule has 0 spiro atoms. The molecule has 2 atom stereocenters. The first-order valence-electron chi connectivity index (χ1n) is 7.16. The topological polar surface area (TPSA) is 72.6 Å². The number of hydrogen-bond acceptors (Lipinski definition) is 4. The lowest BCUT2D eigenvalue weighted by Gasteiger charge is -2.36. The van der Waals surface area contributed by atoms with Gasteiger partial charge in [0.15, 0.2) is 0 Å². The summed E-state index contributed by atoms with van der Waals surface area (Å²) >= 11 is 0. The van der Waals surface area contributed by atoms with Gasteiger partial charge in [0.1, 0.15) is 0 Å². The Kier molecular flexibility index (Phi) is 4.33. The number of sulfonamides is 1. The normalized spacial score (nSPS) is 24.2. The first kappa shape index (κ1) is 16.3. The predicted molar refractivity (Wildman–Crippen MR) is 83.8 cm³/mol. The van der Waals surface area contributed by atoms with Gasteiger partial charge in [-0.2, -0.15) is 4.31 Å². The van der Waals surface area contributed by atoms with Crippen molar-refractivity contribution in [1.29, 1.82) is 0 Å². The molecule has 1 fully saturated rings. The number of aryl methyl sites for hydroxylation is 2. The van der Waals surface area contributed by atoms with E-state index in [1.54, 1.807) is 6.92 Å². The maximum atomic E-state index is 13.1. The van der Waals surface area contributed by atoms with Crippen molar-refractivity contribution in [3.63, 3.8) is 0 Å². The van der Waals surface area contributed by atoms with E-state index in [0.717, 1.165) is 11.1 Å². The number of rotatable bonds is 2. The van der Waals surface area contributed by atoms with Crippen LogP contribution < -0.4 is 5.73 Å². The average molecular weight is 312 g/mol. The summed E-state index contributed by atoms with van der Waals surface area (Å²) in [6.07, 6.45) is -0.0978. The van der Waals surface area contributed by atoms with Gasteiger partial charge in [0.25, 0.3) is 0 Å². The van der Waals surface area contributed by atoms with Crippen LogP contribution in [-0.4, -0.2) is 38.0 Å². The number of anilines is 1. The van der Waals surface area contributed by atoms with Gasteiger partial charge in [-0.05, 0) is 51.3 Å². The molecule has 0 radical (unpaired) electrons. The summed E-state index contributed by atoms with van der Waals surface area (Å²) in [5, 5.41) is 0. The molecule has 1 aromatic rings. The monoisotopic (exact) mass is 312 g/mol. The lowest BCUT2D eigenvalue weighted by molar-refractivity contribution is -0.0170. The van der Waals surface area contributed by atoms with E-state index in [-0.39, 0.29) is 12.1 Å². The quantitative estimate of drug-likeness (QED) is 0.848. The van der Waals surface area contributed by atoms with E-state index in [0.29, 0.717) is 29.3 Å². The SMILES string of the molecule is Cc1cc(C)c(S(=O)(=O)N2CC(C)OCC2C)c(C)c1N. The number of hydrogen-bond donors (Lipinski definition) is 1. The fourth-order valence-corrected chi connectivity index (χ4v) is 5.04. The highest BCUT2D eigenvalue weighted by atomic mass is 32.2. The fraction of sp³-hybridized carbons (Fsp3) is 0.600. The summed E-state index contributed by atoms with van der Waals surface area (Å²) in [5.41, 5.74) is 8.87. The van der Waals surface area contributed by atoms with Crippen LogP contribution in [0.5, 0.6) is 0 Å². The second-order valence-electron chi connectivity index (χ2n) is 5.95. The second-order valence-corrected chi connectivity index (χ2v) is 7.77. The zero-order valence-corrected chi connectivity index (χ0v) is 14.1. The van der Waals surface area contributed by atoms with Crippen molar-refractivity contribution in [3.8, 4) is 0 Å². The molecule has 1 aromatic carbocycles. The lowest BCUT2D eigenvalue weighted by Crippen LogP contribution is -2.50. The molecule has 0 saturated carbocycles. The number of nitrogens with two attached hydrogens (primary N) is 1. The first-order valence-corrected chi connectivity index (χ1v) is 8.60. The molecular formula is C15H24N2O3S. The van der Waals surface area contributed by atoms with Crippen LogP contribution in [0.3, 0.4) is 0 Å². The van der Waals surface area contributed by atoms with Crippen molar-refractivity contribution < 1.29 is 13.2 Å². The van der Waals surface area contributed by atoms with Gasteiger partial charge in [-0.3, -0.25) is 0 Å². The summed E-state index contributed by atoms with van der Waals surface area (Å²) in [7, 11) is -3.57. The molecule has 6 heteroatoms. The van der Waals surface area contributed by atoms with Crippen LogP contribution in [0.4, 0.5) is 5.69 Å². The highest BCUT2D eigenvalue weighted by molar-refractivity contribution is 7.89. The molecule has 0 aromatic heterocycles. The minimum absolute atomic E-state index is 0.0978. The Labute approximate surface area is 127 Å². The summed E-state index contributed by atoms with van der Waals surface area (Å²) < 4.78 is 33.2. The summed E-state index contributed by atoms with van der Waals surface area (Å²) in [6, 6.07) is 1.66. The smallest absolute Gasteiger partial charge is 0.244 e. The van der Waals surface area contributed by atoms with Crippen molar-refractivity contribution in [3.05, 3.63) is 22.8 Å². The van der Waals surface area contributed by atoms with Crippen molar-refractivity contribution >= 4 is 15.7 Å². The Bertz CT molecular complexity index is 655. The van der Waals surface area contributed by atoms with Gasteiger partial charge in [0.05, 0.1) is 17.6 Å². The maximum Gasteiger partial charge on any atom is 0.244 e. The van der Waals surface area contributed by atoms with Gasteiger partial charge in [-0.25, -0.2) is 8.42 Å². The van der Waals surface area contributed by atoms with Crippen LogP contribution in [0.2, 0.25) is 0 Å².